The zero-order chi connectivity index (χ0) is 78.9. The van der Waals surface area contributed by atoms with Crippen LogP contribution in [0.5, 0.6) is 0 Å². The normalized spacial score (nSPS) is 14.8. The van der Waals surface area contributed by atoms with Crippen molar-refractivity contribution < 1.29 is 80.2 Å². The van der Waals surface area contributed by atoms with E-state index in [1.165, 1.54) is 19.3 Å². The molecule has 0 aliphatic carbocycles. The van der Waals surface area contributed by atoms with E-state index in [2.05, 4.69) is 198 Å². The Kier molecular flexibility index (Phi) is 75.0. The molecule has 0 saturated carbocycles. The lowest BCUT2D eigenvalue weighted by molar-refractivity contribution is -0.161. The van der Waals surface area contributed by atoms with E-state index in [0.29, 0.717) is 32.1 Å². The van der Waals surface area contributed by atoms with Crippen LogP contribution in [0.3, 0.4) is 0 Å². The van der Waals surface area contributed by atoms with Crippen molar-refractivity contribution in [3.05, 3.63) is 182 Å². The van der Waals surface area contributed by atoms with Crippen molar-refractivity contribution in [1.82, 2.24) is 0 Å². The van der Waals surface area contributed by atoms with E-state index >= 15 is 0 Å². The summed E-state index contributed by atoms with van der Waals surface area (Å²) in [6.45, 7) is 4.37. The van der Waals surface area contributed by atoms with Gasteiger partial charge in [0.1, 0.15) is 19.3 Å². The van der Waals surface area contributed by atoms with Gasteiger partial charge in [0.05, 0.1) is 26.4 Å². The average molecular weight is 1550 g/mol. The molecule has 0 aromatic rings. The minimum atomic E-state index is -5.01. The smallest absolute Gasteiger partial charge is 0.462 e. The maximum absolute atomic E-state index is 13.1. The Morgan fingerprint density at radius 2 is 0.491 bits per heavy atom. The SMILES string of the molecule is CC/C=C\C/C=C\C/C=C\C/C=C\C/C=C\CCCC(=O)OCC(COP(=O)(O)OCC(O)COP(=O)(O)OCC(COC(=O)CCCCCCCC/C=C\C/C=C\C/C=C\CCCCC)OC(=O)CCCCCCC/C=C\C/C=C\C/C=C\CC)OC(=O)CCCCCC/C=C\C/C=C\C/C=C\C/C=C\CC. The van der Waals surface area contributed by atoms with Crippen LogP contribution in [0.15, 0.2) is 182 Å². The van der Waals surface area contributed by atoms with Crippen LogP contribution in [-0.4, -0.2) is 96.7 Å². The monoisotopic (exact) mass is 1550 g/mol. The molecule has 0 aromatic heterocycles. The van der Waals surface area contributed by atoms with Gasteiger partial charge in [-0.3, -0.25) is 37.3 Å². The first-order valence-electron chi connectivity index (χ1n) is 41.0. The van der Waals surface area contributed by atoms with Crippen LogP contribution in [0.25, 0.3) is 0 Å². The molecule has 17 nitrogen and oxygen atoms in total. The van der Waals surface area contributed by atoms with Crippen molar-refractivity contribution >= 4 is 39.5 Å². The van der Waals surface area contributed by atoms with E-state index < -0.39 is 97.5 Å². The summed E-state index contributed by atoms with van der Waals surface area (Å²) in [4.78, 5) is 73.1. The number of carbonyl (C=O) groups excluding carboxylic acids is 4. The third-order valence-electron chi connectivity index (χ3n) is 16.3. The lowest BCUT2D eigenvalue weighted by atomic mass is 10.1. The van der Waals surface area contributed by atoms with Crippen LogP contribution in [0.1, 0.15) is 297 Å². The first-order valence-corrected chi connectivity index (χ1v) is 44.0. The highest BCUT2D eigenvalue weighted by Gasteiger charge is 2.30. The third kappa shape index (κ3) is 78.3. The Bertz CT molecular complexity index is 2760. The second kappa shape index (κ2) is 79.3. The number of aliphatic hydroxyl groups is 1. The summed E-state index contributed by atoms with van der Waals surface area (Å²) >= 11 is 0. The average Bonchev–Trinajstić information content (AvgIpc) is 0.901. The second-order valence-corrected chi connectivity index (χ2v) is 29.5. The third-order valence-corrected chi connectivity index (χ3v) is 18.2. The maximum atomic E-state index is 13.1. The molecule has 0 fully saturated rings. The van der Waals surface area contributed by atoms with Gasteiger partial charge in [-0.15, -0.1) is 0 Å². The van der Waals surface area contributed by atoms with Crippen LogP contribution in [-0.2, 0) is 65.4 Å². The topological polar surface area (TPSA) is 237 Å². The van der Waals surface area contributed by atoms with E-state index in [0.717, 1.165) is 193 Å². The van der Waals surface area contributed by atoms with Crippen molar-refractivity contribution in [3.63, 3.8) is 0 Å². The van der Waals surface area contributed by atoms with Crippen LogP contribution in [0, 0.1) is 0 Å². The molecular weight excluding hydrogens is 1400 g/mol. The van der Waals surface area contributed by atoms with Gasteiger partial charge in [0, 0.05) is 25.7 Å². The molecule has 0 saturated heterocycles. The van der Waals surface area contributed by atoms with Crippen molar-refractivity contribution in [2.45, 2.75) is 316 Å². The highest BCUT2D eigenvalue weighted by Crippen LogP contribution is 2.45. The standard InChI is InChI=1S/C89H144O17P2/c1-5-9-13-17-21-25-29-33-37-40-41-44-47-50-54-58-62-66-70-74-87(92)100-79-84(105-88(93)75-71-67-63-59-55-51-45-36-32-28-24-20-16-12-8-4)81-103-107(95,96)101-77-83(90)78-102-108(97,98)104-82-85(106-89(94)76-72-68-64-60-56-52-48-43-39-35-31-27-23-19-15-11-7-3)80-99-86(91)73-69-65-61-57-53-49-46-42-38-34-30-26-22-18-14-10-6-2/h10-12,14-16,21-28,33-39,41,44-46,48-49,52,57,61,83-85,90H,5-9,13,17-20,29-32,40,42-43,47,50-51,53-56,58-60,62-82H2,1-4H3,(H,95,96)(H,97,98)/b14-10-,15-11-,16-12-,25-21-,26-22-,27-23-,28-24-,37-33-,38-34-,39-35-,44-41-,45-36-,49-46-,52-48-,61-57-. The first kappa shape index (κ1) is 102. The molecule has 0 aliphatic heterocycles. The van der Waals surface area contributed by atoms with Crippen LogP contribution in [0.4, 0.5) is 0 Å². The first-order chi connectivity index (χ1) is 52.7. The summed E-state index contributed by atoms with van der Waals surface area (Å²) in [7, 11) is -10.0. The summed E-state index contributed by atoms with van der Waals surface area (Å²) in [5.41, 5.74) is 0. The molecule has 0 rings (SSSR count). The van der Waals surface area contributed by atoms with Gasteiger partial charge in [0.25, 0.3) is 0 Å². The Hall–Kier alpha value is -5.84. The van der Waals surface area contributed by atoms with Gasteiger partial charge in [-0.05, 0) is 173 Å². The fourth-order valence-electron chi connectivity index (χ4n) is 10.2. The largest absolute Gasteiger partial charge is 0.472 e. The number of phosphoric acid groups is 2. The molecule has 3 N–H and O–H groups in total. The number of carbonyl (C=O) groups is 4. The molecule has 0 spiro atoms. The molecule has 0 amide bonds. The van der Waals surface area contributed by atoms with E-state index in [9.17, 15) is 43.2 Å². The molecule has 19 heteroatoms. The Balaban J connectivity index is 5.48. The van der Waals surface area contributed by atoms with Gasteiger partial charge in [-0.1, -0.05) is 281 Å². The minimum Gasteiger partial charge on any atom is -0.462 e. The quantitative estimate of drug-likeness (QED) is 0.0169. The Labute approximate surface area is 654 Å². The summed E-state index contributed by atoms with van der Waals surface area (Å²) < 4.78 is 68.6. The maximum Gasteiger partial charge on any atom is 0.472 e. The Morgan fingerprint density at radius 1 is 0.269 bits per heavy atom. The highest BCUT2D eigenvalue weighted by atomic mass is 31.2. The number of ether oxygens (including phenoxy) is 4. The van der Waals surface area contributed by atoms with Gasteiger partial charge >= 0.3 is 39.5 Å². The Morgan fingerprint density at radius 3 is 0.778 bits per heavy atom. The molecule has 0 bridgehead atoms. The fraction of sp³-hybridized carbons (Fsp3) is 0.618. The molecule has 5 atom stereocenters. The number of hydrogen-bond donors (Lipinski definition) is 3. The molecule has 108 heavy (non-hydrogen) atoms. The zero-order valence-electron chi connectivity index (χ0n) is 66.9. The summed E-state index contributed by atoms with van der Waals surface area (Å²) in [5.74, 6) is -2.32. The number of allylic oxidation sites excluding steroid dienone is 30. The number of phosphoric ester groups is 2. The highest BCUT2D eigenvalue weighted by molar-refractivity contribution is 7.47. The van der Waals surface area contributed by atoms with Gasteiger partial charge in [0.2, 0.25) is 0 Å². The minimum absolute atomic E-state index is 0.0471. The zero-order valence-corrected chi connectivity index (χ0v) is 68.7. The lowest BCUT2D eigenvalue weighted by Crippen LogP contribution is -2.30. The van der Waals surface area contributed by atoms with Crippen LogP contribution >= 0.6 is 15.6 Å². The predicted octanol–water partition coefficient (Wildman–Crippen LogP) is 24.3. The molecule has 0 aliphatic rings. The molecule has 5 unspecified atom stereocenters. The molecule has 0 radical (unpaired) electrons. The van der Waals surface area contributed by atoms with Gasteiger partial charge in [-0.25, -0.2) is 9.13 Å². The van der Waals surface area contributed by atoms with Crippen molar-refractivity contribution in [3.8, 4) is 0 Å². The summed E-state index contributed by atoms with van der Waals surface area (Å²) in [5, 5.41) is 10.7. The lowest BCUT2D eigenvalue weighted by Gasteiger charge is -2.21. The summed E-state index contributed by atoms with van der Waals surface area (Å²) in [6.07, 6.45) is 95.8. The van der Waals surface area contributed by atoms with Gasteiger partial charge in [-0.2, -0.15) is 0 Å². The second-order valence-electron chi connectivity index (χ2n) is 26.6. The number of rotatable bonds is 75. The van der Waals surface area contributed by atoms with E-state index in [-0.39, 0.29) is 25.7 Å². The molecular formula is C89H144O17P2. The van der Waals surface area contributed by atoms with Crippen LogP contribution in [0.2, 0.25) is 0 Å². The van der Waals surface area contributed by atoms with E-state index in [1.807, 2.05) is 12.2 Å². The molecule has 612 valence electrons. The number of unbranched alkanes of at least 4 members (excludes halogenated alkanes) is 19. The van der Waals surface area contributed by atoms with Crippen molar-refractivity contribution in [2.24, 2.45) is 0 Å². The summed E-state index contributed by atoms with van der Waals surface area (Å²) in [6, 6.07) is 0. The molecule has 0 aromatic carbocycles. The number of aliphatic hydroxyl groups excluding tert-OH is 1. The van der Waals surface area contributed by atoms with E-state index in [4.69, 9.17) is 37.0 Å². The van der Waals surface area contributed by atoms with Crippen LogP contribution < -0.4 is 0 Å². The van der Waals surface area contributed by atoms with Gasteiger partial charge < -0.3 is 33.8 Å². The number of esters is 4. The van der Waals surface area contributed by atoms with Gasteiger partial charge in [0.15, 0.2) is 12.2 Å². The van der Waals surface area contributed by atoms with E-state index in [1.54, 1.807) is 0 Å². The van der Waals surface area contributed by atoms with Crippen molar-refractivity contribution in [2.75, 3.05) is 39.6 Å². The predicted molar refractivity (Wildman–Crippen MR) is 445 cm³/mol. The number of hydrogen-bond acceptors (Lipinski definition) is 15. The molecule has 0 heterocycles. The van der Waals surface area contributed by atoms with Crippen molar-refractivity contribution in [1.29, 1.82) is 0 Å². The fourth-order valence-corrected chi connectivity index (χ4v) is 11.8.